The molecule has 0 aromatic heterocycles. The van der Waals surface area contributed by atoms with Gasteiger partial charge in [-0.2, -0.15) is 0 Å². The lowest BCUT2D eigenvalue weighted by molar-refractivity contribution is -0.213. The number of hydrogen-bond donors (Lipinski definition) is 1. The first-order valence-corrected chi connectivity index (χ1v) is 13.2. The van der Waals surface area contributed by atoms with Gasteiger partial charge in [0.1, 0.15) is 18.3 Å². The van der Waals surface area contributed by atoms with Crippen LogP contribution < -0.4 is 14.8 Å². The number of likely N-dealkylation sites (N-methyl/N-ethyl adjacent to an activating group) is 1. The van der Waals surface area contributed by atoms with Crippen LogP contribution in [-0.4, -0.2) is 62.5 Å². The van der Waals surface area contributed by atoms with E-state index in [4.69, 9.17) is 18.9 Å². The average Bonchev–Trinajstić information content (AvgIpc) is 3.31. The van der Waals surface area contributed by atoms with Crippen LogP contribution in [-0.2, 0) is 32.7 Å². The summed E-state index contributed by atoms with van der Waals surface area (Å²) in [5, 5.41) is 2.51. The Morgan fingerprint density at radius 1 is 1.13 bits per heavy atom. The number of piperidine rings is 1. The maximum atomic E-state index is 13.8. The highest BCUT2D eigenvalue weighted by molar-refractivity contribution is 5.94. The zero-order valence-electron chi connectivity index (χ0n) is 21.9. The van der Waals surface area contributed by atoms with Crippen LogP contribution in [0.3, 0.4) is 0 Å². The van der Waals surface area contributed by atoms with Crippen LogP contribution in [0, 0.1) is 11.3 Å². The topological polar surface area (TPSA) is 86.3 Å². The second-order valence-electron chi connectivity index (χ2n) is 11.3. The van der Waals surface area contributed by atoms with Crippen molar-refractivity contribution in [2.45, 2.75) is 49.0 Å². The highest BCUT2D eigenvalue weighted by atomic mass is 16.6. The minimum atomic E-state index is -1.04. The summed E-state index contributed by atoms with van der Waals surface area (Å²) in [6, 6.07) is 13.7. The fourth-order valence-electron chi connectivity index (χ4n) is 8.45. The Bertz CT molecular complexity index is 1360. The van der Waals surface area contributed by atoms with Gasteiger partial charge < -0.3 is 23.8 Å². The molecule has 2 amide bonds. The van der Waals surface area contributed by atoms with E-state index in [0.717, 1.165) is 30.7 Å². The number of nitrogens with zero attached hydrogens (tertiary/aromatic N) is 1. The molecular formula is C30H32N2O6. The summed E-state index contributed by atoms with van der Waals surface area (Å²) in [6.07, 6.45) is 5.46. The predicted octanol–water partition coefficient (Wildman–Crippen LogP) is 3.37. The van der Waals surface area contributed by atoms with E-state index in [1.54, 1.807) is 14.2 Å². The summed E-state index contributed by atoms with van der Waals surface area (Å²) in [6.45, 7) is 1.02. The number of carbonyl (C=O) groups is 2. The average molecular weight is 517 g/mol. The van der Waals surface area contributed by atoms with Gasteiger partial charge in [0, 0.05) is 24.1 Å². The van der Waals surface area contributed by atoms with Gasteiger partial charge in [0.25, 0.3) is 0 Å². The van der Waals surface area contributed by atoms with Crippen LogP contribution in [0.1, 0.15) is 29.5 Å². The van der Waals surface area contributed by atoms with Gasteiger partial charge in [-0.1, -0.05) is 48.6 Å². The lowest BCUT2D eigenvalue weighted by atomic mass is 9.37. The van der Waals surface area contributed by atoms with Gasteiger partial charge in [0.05, 0.1) is 18.4 Å². The summed E-state index contributed by atoms with van der Waals surface area (Å²) < 4.78 is 24.2. The van der Waals surface area contributed by atoms with Crippen molar-refractivity contribution in [2.75, 3.05) is 27.8 Å². The van der Waals surface area contributed by atoms with E-state index in [0.29, 0.717) is 12.2 Å². The smallest absolute Gasteiger partial charge is 0.414 e. The molecule has 1 saturated heterocycles. The van der Waals surface area contributed by atoms with Crippen LogP contribution >= 0.6 is 0 Å². The number of alkyl carbamates (subject to hydrolysis) is 1. The Morgan fingerprint density at radius 2 is 1.95 bits per heavy atom. The number of imide groups is 1. The Kier molecular flexibility index (Phi) is 5.04. The van der Waals surface area contributed by atoms with Crippen molar-refractivity contribution in [1.29, 1.82) is 0 Å². The second-order valence-corrected chi connectivity index (χ2v) is 11.3. The molecule has 2 aromatic rings. The Hall–Kier alpha value is -3.36. The van der Waals surface area contributed by atoms with Crippen molar-refractivity contribution in [1.82, 2.24) is 10.2 Å². The minimum Gasteiger partial charge on any atom is -0.493 e. The molecule has 8 rings (SSSR count). The first kappa shape index (κ1) is 23.7. The molecule has 198 valence electrons. The number of likely N-dealkylation sites (tertiary alicyclic amines) is 1. The highest BCUT2D eigenvalue weighted by Crippen LogP contribution is 2.74. The molecule has 1 N–H and O–H groups in total. The van der Waals surface area contributed by atoms with Crippen molar-refractivity contribution in [3.63, 3.8) is 0 Å². The molecule has 4 bridgehead atoms. The van der Waals surface area contributed by atoms with Gasteiger partial charge in [0.2, 0.25) is 5.91 Å². The van der Waals surface area contributed by atoms with E-state index in [1.807, 2.05) is 42.5 Å². The predicted molar refractivity (Wildman–Crippen MR) is 138 cm³/mol. The Morgan fingerprint density at radius 3 is 2.71 bits per heavy atom. The molecule has 8 nitrogen and oxygen atoms in total. The standard InChI is InChI=1S/C30H32N2O6/c1-32-14-13-29-23-19-9-10-21(35-2)24(23)38-26(29)30(36-3)12-11-28(29,22(32)15-19)16-20(30)25(33)31-27(34)37-17-18-7-5-4-6-8-18/h4-12,20,22,26H,13-17H2,1-3H3,(H,31,33,34)/t20?,22-,26-,28-,29+,30-/m1/s1. The molecule has 1 unspecified atom stereocenters. The molecule has 6 aliphatic rings. The number of rotatable bonds is 5. The molecule has 2 heterocycles. The third kappa shape index (κ3) is 2.77. The van der Waals surface area contributed by atoms with Crippen LogP contribution in [0.2, 0.25) is 0 Å². The normalized spacial score (nSPS) is 35.3. The molecule has 2 spiro atoms. The summed E-state index contributed by atoms with van der Waals surface area (Å²) in [5.74, 6) is 0.448. The number of carbonyl (C=O) groups excluding carboxylic acids is 2. The van der Waals surface area contributed by atoms with Crippen molar-refractivity contribution in [3.8, 4) is 11.5 Å². The summed E-state index contributed by atoms with van der Waals surface area (Å²) in [5.41, 5.74) is 1.64. The number of fused-ring (bicyclic) bond motifs is 1. The number of benzene rings is 2. The third-order valence-corrected chi connectivity index (χ3v) is 10.0. The largest absolute Gasteiger partial charge is 0.493 e. The maximum Gasteiger partial charge on any atom is 0.414 e. The zero-order valence-corrected chi connectivity index (χ0v) is 21.9. The highest BCUT2D eigenvalue weighted by Gasteiger charge is 2.79. The first-order chi connectivity index (χ1) is 18.4. The molecule has 2 aliphatic heterocycles. The van der Waals surface area contributed by atoms with Gasteiger partial charge in [-0.3, -0.25) is 10.1 Å². The number of methoxy groups -OCH3 is 2. The van der Waals surface area contributed by atoms with Gasteiger partial charge >= 0.3 is 6.09 Å². The van der Waals surface area contributed by atoms with Crippen molar-refractivity contribution in [3.05, 3.63) is 71.3 Å². The van der Waals surface area contributed by atoms with Crippen molar-refractivity contribution >= 4 is 12.0 Å². The molecule has 0 radical (unpaired) electrons. The quantitative estimate of drug-likeness (QED) is 0.610. The Labute approximate surface area is 221 Å². The summed E-state index contributed by atoms with van der Waals surface area (Å²) in [7, 11) is 5.46. The summed E-state index contributed by atoms with van der Waals surface area (Å²) in [4.78, 5) is 28.9. The van der Waals surface area contributed by atoms with Gasteiger partial charge in [-0.15, -0.1) is 0 Å². The number of hydrogen-bond acceptors (Lipinski definition) is 7. The first-order valence-electron chi connectivity index (χ1n) is 13.2. The SMILES string of the molecule is COc1ccc2c3c1O[C@@H]1[C@]34CCN(C)[C@H](C2)[C@]42C=C[C@@]1(OC)C(C(=O)NC(=O)OCc1ccccc1)C2. The van der Waals surface area contributed by atoms with E-state index in [2.05, 4.69) is 29.4 Å². The van der Waals surface area contributed by atoms with E-state index in [9.17, 15) is 9.59 Å². The van der Waals surface area contributed by atoms with Gasteiger partial charge in [-0.25, -0.2) is 4.79 Å². The fourth-order valence-corrected chi connectivity index (χ4v) is 8.45. The molecule has 8 heteroatoms. The molecule has 2 aromatic carbocycles. The fraction of sp³-hybridized carbons (Fsp3) is 0.467. The number of ether oxygens (including phenoxy) is 4. The van der Waals surface area contributed by atoms with E-state index in [-0.39, 0.29) is 23.5 Å². The lowest BCUT2D eigenvalue weighted by Gasteiger charge is -2.70. The molecule has 38 heavy (non-hydrogen) atoms. The zero-order chi connectivity index (χ0) is 26.3. The molecular weight excluding hydrogens is 484 g/mol. The van der Waals surface area contributed by atoms with Crippen LogP contribution in [0.4, 0.5) is 4.79 Å². The van der Waals surface area contributed by atoms with Gasteiger partial charge in [-0.05, 0) is 50.0 Å². The molecule has 2 fully saturated rings. The summed E-state index contributed by atoms with van der Waals surface area (Å²) >= 11 is 0. The van der Waals surface area contributed by atoms with Crippen LogP contribution in [0.15, 0.2) is 54.6 Å². The Balaban J connectivity index is 1.27. The molecule has 6 atom stereocenters. The van der Waals surface area contributed by atoms with Gasteiger partial charge in [0.15, 0.2) is 11.5 Å². The third-order valence-electron chi connectivity index (χ3n) is 10.0. The molecule has 1 saturated carbocycles. The van der Waals surface area contributed by atoms with Crippen molar-refractivity contribution < 1.29 is 28.5 Å². The number of amides is 2. The number of nitrogens with one attached hydrogen (secondary N) is 1. The molecule has 4 aliphatic carbocycles. The van der Waals surface area contributed by atoms with E-state index in [1.165, 1.54) is 11.1 Å². The van der Waals surface area contributed by atoms with E-state index >= 15 is 0 Å². The monoisotopic (exact) mass is 516 g/mol. The van der Waals surface area contributed by atoms with Crippen molar-refractivity contribution in [2.24, 2.45) is 11.3 Å². The van der Waals surface area contributed by atoms with E-state index < -0.39 is 29.6 Å². The maximum absolute atomic E-state index is 13.8. The van der Waals surface area contributed by atoms with Crippen LogP contribution in [0.25, 0.3) is 0 Å². The van der Waals surface area contributed by atoms with Crippen LogP contribution in [0.5, 0.6) is 11.5 Å². The lowest BCUT2D eigenvalue weighted by Crippen LogP contribution is -2.80. The second kappa shape index (κ2) is 8.07. The minimum absolute atomic E-state index is 0.0868.